The highest BCUT2D eigenvalue weighted by atomic mass is 35.5. The summed E-state index contributed by atoms with van der Waals surface area (Å²) >= 11 is 5.89. The van der Waals surface area contributed by atoms with Crippen molar-refractivity contribution in [3.05, 3.63) is 52.9 Å². The van der Waals surface area contributed by atoms with Crippen LogP contribution in [-0.4, -0.2) is 19.0 Å². The van der Waals surface area contributed by atoms with Crippen LogP contribution in [0, 0.1) is 0 Å². The van der Waals surface area contributed by atoms with Gasteiger partial charge in [-0.1, -0.05) is 18.2 Å². The first kappa shape index (κ1) is 12.3. The van der Waals surface area contributed by atoms with Gasteiger partial charge in [0.05, 0.1) is 11.8 Å². The third-order valence-corrected chi connectivity index (χ3v) is 3.50. The lowest BCUT2D eigenvalue weighted by molar-refractivity contribution is 0.0987. The minimum Gasteiger partial charge on any atom is -0.452 e. The molecule has 1 amide bonds. The first-order chi connectivity index (χ1) is 9.27. The third-order valence-electron chi connectivity index (χ3n) is 3.20. The zero-order valence-electron chi connectivity index (χ0n) is 10.2. The molecular formula is C14H13ClN2O2. The second-order valence-electron chi connectivity index (χ2n) is 4.37. The van der Waals surface area contributed by atoms with Crippen molar-refractivity contribution in [3.8, 4) is 0 Å². The molecule has 1 aromatic heterocycles. The first-order valence-electron chi connectivity index (χ1n) is 6.11. The lowest BCUT2D eigenvalue weighted by atomic mass is 10.1. The molecule has 4 nitrogen and oxygen atoms in total. The molecule has 0 unspecified atom stereocenters. The minimum absolute atomic E-state index is 0.130. The van der Waals surface area contributed by atoms with Crippen LogP contribution in [0.15, 0.2) is 41.0 Å². The summed E-state index contributed by atoms with van der Waals surface area (Å²) in [5, 5.41) is 3.44. The maximum Gasteiger partial charge on any atom is 0.263 e. The molecule has 1 aliphatic heterocycles. The number of hydrogen-bond acceptors (Lipinski definition) is 3. The number of anilines is 1. The summed E-state index contributed by atoms with van der Waals surface area (Å²) < 4.78 is 5.00. The van der Waals surface area contributed by atoms with Crippen LogP contribution in [0.2, 0.25) is 5.22 Å². The summed E-state index contributed by atoms with van der Waals surface area (Å²) in [7, 11) is 0. The summed E-state index contributed by atoms with van der Waals surface area (Å²) in [5.41, 5.74) is 2.43. The van der Waals surface area contributed by atoms with E-state index in [1.165, 1.54) is 6.26 Å². The van der Waals surface area contributed by atoms with Gasteiger partial charge < -0.3 is 14.6 Å². The van der Waals surface area contributed by atoms with E-state index in [1.54, 1.807) is 11.0 Å². The second-order valence-corrected chi connectivity index (χ2v) is 4.71. The summed E-state index contributed by atoms with van der Waals surface area (Å²) in [6.07, 6.45) is 1.43. The van der Waals surface area contributed by atoms with Gasteiger partial charge in [-0.25, -0.2) is 0 Å². The summed E-state index contributed by atoms with van der Waals surface area (Å²) in [5.74, 6) is -0.130. The Labute approximate surface area is 116 Å². The van der Waals surface area contributed by atoms with Crippen molar-refractivity contribution in [2.24, 2.45) is 0 Å². The van der Waals surface area contributed by atoms with E-state index < -0.39 is 0 Å². The normalized spacial score (nSPS) is 14.9. The minimum atomic E-state index is -0.130. The number of nitrogens with zero attached hydrogens (tertiary/aromatic N) is 1. The number of benzene rings is 1. The molecule has 1 N–H and O–H groups in total. The highest BCUT2D eigenvalue weighted by Gasteiger charge is 2.24. The molecule has 0 atom stereocenters. The van der Waals surface area contributed by atoms with Crippen LogP contribution in [0.5, 0.6) is 0 Å². The highest BCUT2D eigenvalue weighted by Crippen LogP contribution is 2.26. The lowest BCUT2D eigenvalue weighted by Gasteiger charge is -2.22. The Morgan fingerprint density at radius 1 is 1.32 bits per heavy atom. The molecule has 1 aliphatic rings. The molecule has 0 saturated carbocycles. The van der Waals surface area contributed by atoms with Crippen molar-refractivity contribution in [1.29, 1.82) is 0 Å². The summed E-state index contributed by atoms with van der Waals surface area (Å²) in [4.78, 5) is 14.3. The van der Waals surface area contributed by atoms with E-state index in [1.807, 2.05) is 24.3 Å². The van der Waals surface area contributed by atoms with Crippen molar-refractivity contribution in [2.45, 2.75) is 6.54 Å². The van der Waals surface area contributed by atoms with E-state index in [0.717, 1.165) is 24.3 Å². The Kier molecular flexibility index (Phi) is 3.27. The molecule has 98 valence electrons. The largest absolute Gasteiger partial charge is 0.452 e. The summed E-state index contributed by atoms with van der Waals surface area (Å²) in [6.45, 7) is 2.12. The maximum atomic E-state index is 12.6. The van der Waals surface area contributed by atoms with Gasteiger partial charge in [-0.2, -0.15) is 0 Å². The van der Waals surface area contributed by atoms with Gasteiger partial charge in [0.15, 0.2) is 0 Å². The van der Waals surface area contributed by atoms with E-state index in [-0.39, 0.29) is 11.1 Å². The zero-order chi connectivity index (χ0) is 13.2. The molecule has 0 aliphatic carbocycles. The van der Waals surface area contributed by atoms with Crippen LogP contribution in [0.3, 0.4) is 0 Å². The van der Waals surface area contributed by atoms with Gasteiger partial charge >= 0.3 is 0 Å². The Balaban J connectivity index is 2.01. The topological polar surface area (TPSA) is 45.5 Å². The third kappa shape index (κ3) is 2.25. The standard InChI is InChI=1S/C14H13ClN2O2/c15-13-11(5-8-19-13)14(18)17-7-6-16-9-10-3-1-2-4-12(10)17/h1-5,8,16H,6-7,9H2. The van der Waals surface area contributed by atoms with Crippen LogP contribution in [0.25, 0.3) is 0 Å². The highest BCUT2D eigenvalue weighted by molar-refractivity contribution is 6.32. The molecule has 0 fully saturated rings. The monoisotopic (exact) mass is 276 g/mol. The van der Waals surface area contributed by atoms with Gasteiger partial charge in [-0.3, -0.25) is 4.79 Å². The van der Waals surface area contributed by atoms with Crippen LogP contribution in [0.1, 0.15) is 15.9 Å². The molecule has 0 bridgehead atoms. The molecule has 0 radical (unpaired) electrons. The Morgan fingerprint density at radius 2 is 2.16 bits per heavy atom. The van der Waals surface area contributed by atoms with Crippen molar-refractivity contribution in [2.75, 3.05) is 18.0 Å². The fourth-order valence-electron chi connectivity index (χ4n) is 2.26. The summed E-state index contributed by atoms with van der Waals surface area (Å²) in [6, 6.07) is 9.48. The molecule has 1 aromatic carbocycles. The van der Waals surface area contributed by atoms with Crippen molar-refractivity contribution in [1.82, 2.24) is 5.32 Å². The van der Waals surface area contributed by atoms with E-state index in [4.69, 9.17) is 16.0 Å². The van der Waals surface area contributed by atoms with E-state index in [2.05, 4.69) is 5.32 Å². The molecule has 3 rings (SSSR count). The SMILES string of the molecule is O=C(c1ccoc1Cl)N1CCNCc2ccccc21. The van der Waals surface area contributed by atoms with Crippen LogP contribution in [-0.2, 0) is 6.54 Å². The lowest BCUT2D eigenvalue weighted by Crippen LogP contribution is -2.34. The zero-order valence-corrected chi connectivity index (χ0v) is 11.0. The average molecular weight is 277 g/mol. The molecule has 2 heterocycles. The van der Waals surface area contributed by atoms with E-state index in [0.29, 0.717) is 12.1 Å². The Bertz CT molecular complexity index is 609. The number of nitrogens with one attached hydrogen (secondary N) is 1. The Morgan fingerprint density at radius 3 is 2.95 bits per heavy atom. The van der Waals surface area contributed by atoms with Gasteiger partial charge in [0.25, 0.3) is 5.91 Å². The van der Waals surface area contributed by atoms with Gasteiger partial charge in [0.2, 0.25) is 5.22 Å². The second kappa shape index (κ2) is 5.07. The number of amides is 1. The number of carbonyl (C=O) groups is 1. The number of hydrogen-bond donors (Lipinski definition) is 1. The fraction of sp³-hybridized carbons (Fsp3) is 0.214. The van der Waals surface area contributed by atoms with Gasteiger partial charge in [-0.05, 0) is 29.3 Å². The first-order valence-corrected chi connectivity index (χ1v) is 6.48. The van der Waals surface area contributed by atoms with Crippen LogP contribution < -0.4 is 10.2 Å². The molecule has 2 aromatic rings. The number of fused-ring (bicyclic) bond motifs is 1. The number of rotatable bonds is 1. The van der Waals surface area contributed by atoms with E-state index in [9.17, 15) is 4.79 Å². The predicted molar refractivity (Wildman–Crippen MR) is 73.5 cm³/mol. The number of carbonyl (C=O) groups excluding carboxylic acids is 1. The average Bonchev–Trinajstić information content (AvgIpc) is 2.74. The quantitative estimate of drug-likeness (QED) is 0.871. The van der Waals surface area contributed by atoms with Gasteiger partial charge in [0, 0.05) is 25.3 Å². The van der Waals surface area contributed by atoms with Crippen LogP contribution >= 0.6 is 11.6 Å². The van der Waals surface area contributed by atoms with Crippen LogP contribution in [0.4, 0.5) is 5.69 Å². The maximum absolute atomic E-state index is 12.6. The fourth-order valence-corrected chi connectivity index (χ4v) is 2.46. The number of furan rings is 1. The molecule has 19 heavy (non-hydrogen) atoms. The predicted octanol–water partition coefficient (Wildman–Crippen LogP) is 2.68. The number of halogens is 1. The Hall–Kier alpha value is -1.78. The molecular weight excluding hydrogens is 264 g/mol. The molecule has 5 heteroatoms. The van der Waals surface area contributed by atoms with E-state index >= 15 is 0 Å². The number of para-hydroxylation sites is 1. The molecule has 0 saturated heterocycles. The smallest absolute Gasteiger partial charge is 0.263 e. The van der Waals surface area contributed by atoms with Gasteiger partial charge in [0.1, 0.15) is 0 Å². The van der Waals surface area contributed by atoms with Crippen molar-refractivity contribution >= 4 is 23.2 Å². The van der Waals surface area contributed by atoms with Crippen molar-refractivity contribution < 1.29 is 9.21 Å². The molecule has 0 spiro atoms. The van der Waals surface area contributed by atoms with Gasteiger partial charge in [-0.15, -0.1) is 0 Å². The van der Waals surface area contributed by atoms with Crippen molar-refractivity contribution in [3.63, 3.8) is 0 Å².